The van der Waals surface area contributed by atoms with Crippen molar-refractivity contribution in [2.24, 2.45) is 5.92 Å². The lowest BCUT2D eigenvalue weighted by atomic mass is 9.98. The average molecular weight is 399 g/mol. The third-order valence-electron chi connectivity index (χ3n) is 5.49. The van der Waals surface area contributed by atoms with Gasteiger partial charge in [0.15, 0.2) is 0 Å². The van der Waals surface area contributed by atoms with E-state index in [2.05, 4.69) is 68.5 Å². The number of rotatable bonds is 8. The minimum absolute atomic E-state index is 0.0552. The highest BCUT2D eigenvalue weighted by atomic mass is 16.5. The van der Waals surface area contributed by atoms with E-state index in [0.717, 1.165) is 17.7 Å². The summed E-state index contributed by atoms with van der Waals surface area (Å²) in [6, 6.07) is 25.2. The number of carbonyl (C=O) groups excluding carboxylic acids is 1. The van der Waals surface area contributed by atoms with Crippen LogP contribution in [0.4, 0.5) is 0 Å². The number of ether oxygens (including phenoxy) is 1. The molecular weight excluding hydrogens is 368 g/mol. The first kappa shape index (κ1) is 21.6. The molecule has 0 aliphatic rings. The quantitative estimate of drug-likeness (QED) is 0.412. The molecule has 2 nitrogen and oxygen atoms in total. The zero-order valence-corrected chi connectivity index (χ0v) is 18.3. The number of hydrogen-bond donors (Lipinski definition) is 0. The number of allylic oxidation sites excluding steroid dienone is 1. The molecule has 0 spiro atoms. The standard InChI is InChI=1S/C28H30O2/c1-20-6-5-7-27(18-20)26-12-10-25(11-13-26)21(2)16-17-30-28-14-8-24(9-15-28)19-22(3)23(4)29/h5-16,18,22H,17,19H2,1-4H3/b21-16+. The molecule has 2 heteroatoms. The number of ketones is 1. The van der Waals surface area contributed by atoms with Crippen LogP contribution < -0.4 is 4.74 Å². The molecule has 0 aromatic heterocycles. The predicted octanol–water partition coefficient (Wildman–Crippen LogP) is 6.91. The van der Waals surface area contributed by atoms with Crippen LogP contribution in [-0.4, -0.2) is 12.4 Å². The van der Waals surface area contributed by atoms with E-state index in [-0.39, 0.29) is 11.7 Å². The predicted molar refractivity (Wildman–Crippen MR) is 126 cm³/mol. The van der Waals surface area contributed by atoms with Crippen LogP contribution in [0, 0.1) is 12.8 Å². The Labute approximate surface area is 180 Å². The molecule has 154 valence electrons. The van der Waals surface area contributed by atoms with Crippen LogP contribution in [0.1, 0.15) is 37.5 Å². The molecule has 0 aliphatic heterocycles. The molecule has 0 aliphatic carbocycles. The maximum Gasteiger partial charge on any atom is 0.132 e. The molecule has 0 bridgehead atoms. The van der Waals surface area contributed by atoms with Gasteiger partial charge in [0.1, 0.15) is 18.1 Å². The zero-order valence-electron chi connectivity index (χ0n) is 18.3. The van der Waals surface area contributed by atoms with Gasteiger partial charge in [0.2, 0.25) is 0 Å². The Bertz CT molecular complexity index is 1010. The van der Waals surface area contributed by atoms with E-state index < -0.39 is 0 Å². The Morgan fingerprint density at radius 2 is 1.63 bits per heavy atom. The van der Waals surface area contributed by atoms with Gasteiger partial charge in [-0.1, -0.05) is 73.2 Å². The number of Topliss-reactive ketones (excluding diaryl/α,β-unsaturated/α-hetero) is 1. The molecule has 0 heterocycles. The van der Waals surface area contributed by atoms with Crippen molar-refractivity contribution in [1.29, 1.82) is 0 Å². The molecule has 0 fully saturated rings. The van der Waals surface area contributed by atoms with Gasteiger partial charge >= 0.3 is 0 Å². The molecule has 1 unspecified atom stereocenters. The topological polar surface area (TPSA) is 26.3 Å². The summed E-state index contributed by atoms with van der Waals surface area (Å²) >= 11 is 0. The summed E-state index contributed by atoms with van der Waals surface area (Å²) in [4.78, 5) is 11.4. The van der Waals surface area contributed by atoms with Crippen LogP contribution in [-0.2, 0) is 11.2 Å². The molecule has 3 rings (SSSR count). The molecule has 3 aromatic carbocycles. The van der Waals surface area contributed by atoms with E-state index in [4.69, 9.17) is 4.74 Å². The maximum atomic E-state index is 11.4. The Morgan fingerprint density at radius 1 is 0.933 bits per heavy atom. The number of aryl methyl sites for hydroxylation is 1. The Kier molecular flexibility index (Phi) is 7.24. The third kappa shape index (κ3) is 5.93. The van der Waals surface area contributed by atoms with Crippen LogP contribution in [0.2, 0.25) is 0 Å². The van der Waals surface area contributed by atoms with Crippen molar-refractivity contribution < 1.29 is 9.53 Å². The summed E-state index contributed by atoms with van der Waals surface area (Å²) < 4.78 is 5.87. The van der Waals surface area contributed by atoms with Crippen molar-refractivity contribution in [3.63, 3.8) is 0 Å². The van der Waals surface area contributed by atoms with E-state index in [1.165, 1.54) is 27.8 Å². The second-order valence-corrected chi connectivity index (χ2v) is 8.00. The highest BCUT2D eigenvalue weighted by Gasteiger charge is 2.08. The van der Waals surface area contributed by atoms with Gasteiger partial charge in [0.25, 0.3) is 0 Å². The van der Waals surface area contributed by atoms with Crippen molar-refractivity contribution in [2.75, 3.05) is 6.61 Å². The van der Waals surface area contributed by atoms with Gasteiger partial charge in [0.05, 0.1) is 0 Å². The second-order valence-electron chi connectivity index (χ2n) is 8.00. The summed E-state index contributed by atoms with van der Waals surface area (Å²) in [5, 5.41) is 0. The Morgan fingerprint density at radius 3 is 2.27 bits per heavy atom. The van der Waals surface area contributed by atoms with Crippen molar-refractivity contribution in [3.05, 3.63) is 95.6 Å². The lowest BCUT2D eigenvalue weighted by molar-refractivity contribution is -0.120. The first-order chi connectivity index (χ1) is 14.4. The van der Waals surface area contributed by atoms with E-state index in [1.54, 1.807) is 6.92 Å². The highest BCUT2D eigenvalue weighted by Crippen LogP contribution is 2.23. The van der Waals surface area contributed by atoms with Gasteiger partial charge in [0, 0.05) is 5.92 Å². The maximum absolute atomic E-state index is 11.4. The van der Waals surface area contributed by atoms with Gasteiger partial charge in [-0.05, 0) is 73.2 Å². The molecule has 0 saturated heterocycles. The van der Waals surface area contributed by atoms with Gasteiger partial charge in [-0.25, -0.2) is 0 Å². The van der Waals surface area contributed by atoms with E-state index in [9.17, 15) is 4.79 Å². The summed E-state index contributed by atoms with van der Waals surface area (Å²) in [6.07, 6.45) is 2.88. The second kappa shape index (κ2) is 10.1. The van der Waals surface area contributed by atoms with Crippen molar-refractivity contribution in [3.8, 4) is 16.9 Å². The fourth-order valence-electron chi connectivity index (χ4n) is 3.35. The van der Waals surface area contributed by atoms with Crippen molar-refractivity contribution >= 4 is 11.4 Å². The number of carbonyl (C=O) groups is 1. The molecule has 1 atom stereocenters. The highest BCUT2D eigenvalue weighted by molar-refractivity contribution is 5.78. The average Bonchev–Trinajstić information content (AvgIpc) is 2.75. The monoisotopic (exact) mass is 398 g/mol. The van der Waals surface area contributed by atoms with Crippen LogP contribution >= 0.6 is 0 Å². The first-order valence-electron chi connectivity index (χ1n) is 10.5. The lowest BCUT2D eigenvalue weighted by Gasteiger charge is -2.09. The van der Waals surface area contributed by atoms with Crippen LogP contribution in [0.5, 0.6) is 5.75 Å². The van der Waals surface area contributed by atoms with Crippen LogP contribution in [0.3, 0.4) is 0 Å². The van der Waals surface area contributed by atoms with Gasteiger partial charge < -0.3 is 4.74 Å². The van der Waals surface area contributed by atoms with Crippen LogP contribution in [0.15, 0.2) is 78.9 Å². The SMILES string of the molecule is CC(=O)C(C)Cc1ccc(OC/C=C(\C)c2ccc(-c3cccc(C)c3)cc2)cc1. The van der Waals surface area contributed by atoms with Gasteiger partial charge in [-0.2, -0.15) is 0 Å². The Hall–Kier alpha value is -3.13. The number of benzene rings is 3. The summed E-state index contributed by atoms with van der Waals surface area (Å²) in [6.45, 7) is 8.36. The zero-order chi connectivity index (χ0) is 21.5. The summed E-state index contributed by atoms with van der Waals surface area (Å²) in [5.41, 5.74) is 7.29. The van der Waals surface area contributed by atoms with Crippen molar-refractivity contribution in [2.45, 2.75) is 34.1 Å². The lowest BCUT2D eigenvalue weighted by Crippen LogP contribution is -2.09. The molecule has 0 N–H and O–H groups in total. The van der Waals surface area contributed by atoms with E-state index in [1.807, 2.05) is 31.2 Å². The molecule has 3 aromatic rings. The Balaban J connectivity index is 1.56. The number of hydrogen-bond acceptors (Lipinski definition) is 2. The van der Waals surface area contributed by atoms with E-state index in [0.29, 0.717) is 6.61 Å². The van der Waals surface area contributed by atoms with Crippen molar-refractivity contribution in [1.82, 2.24) is 0 Å². The van der Waals surface area contributed by atoms with Gasteiger partial charge in [-0.15, -0.1) is 0 Å². The normalized spacial score (nSPS) is 12.5. The fraction of sp³-hybridized carbons (Fsp3) is 0.250. The largest absolute Gasteiger partial charge is 0.490 e. The fourth-order valence-corrected chi connectivity index (χ4v) is 3.35. The van der Waals surface area contributed by atoms with E-state index >= 15 is 0 Å². The molecule has 30 heavy (non-hydrogen) atoms. The minimum atomic E-state index is 0.0552. The minimum Gasteiger partial charge on any atom is -0.490 e. The smallest absolute Gasteiger partial charge is 0.132 e. The molecule has 0 saturated carbocycles. The summed E-state index contributed by atoms with van der Waals surface area (Å²) in [5.74, 6) is 1.12. The molecule has 0 radical (unpaired) electrons. The first-order valence-corrected chi connectivity index (χ1v) is 10.5. The van der Waals surface area contributed by atoms with Crippen LogP contribution in [0.25, 0.3) is 16.7 Å². The third-order valence-corrected chi connectivity index (χ3v) is 5.49. The molecular formula is C28H30O2. The van der Waals surface area contributed by atoms with Gasteiger partial charge in [-0.3, -0.25) is 4.79 Å². The molecule has 0 amide bonds. The summed E-state index contributed by atoms with van der Waals surface area (Å²) in [7, 11) is 0.